The number of anilines is 1. The number of carbonyl (C=O) groups is 1. The zero-order valence-electron chi connectivity index (χ0n) is 11.9. The number of nitrogens with zero attached hydrogens (tertiary/aromatic N) is 6. The molecule has 2 aliphatic heterocycles. The zero-order valence-corrected chi connectivity index (χ0v) is 11.9. The summed E-state index contributed by atoms with van der Waals surface area (Å²) in [7, 11) is 0. The molecule has 0 bridgehead atoms. The number of para-hydroxylation sites is 1. The number of rotatable bonds is 2. The average Bonchev–Trinajstić information content (AvgIpc) is 3.21. The number of likely N-dealkylation sites (tertiary alicyclic amines) is 1. The van der Waals surface area contributed by atoms with Crippen molar-refractivity contribution in [2.45, 2.75) is 0 Å². The fourth-order valence-corrected chi connectivity index (χ4v) is 3.43. The van der Waals surface area contributed by atoms with Crippen LogP contribution in [-0.2, 0) is 0 Å². The summed E-state index contributed by atoms with van der Waals surface area (Å²) in [6.07, 6.45) is -0.824. The lowest BCUT2D eigenvalue weighted by atomic mass is 10.0. The van der Waals surface area contributed by atoms with Gasteiger partial charge in [-0.15, -0.1) is 0 Å². The van der Waals surface area contributed by atoms with Crippen molar-refractivity contribution in [2.24, 2.45) is 11.8 Å². The van der Waals surface area contributed by atoms with Gasteiger partial charge < -0.3 is 14.9 Å². The zero-order chi connectivity index (χ0) is 15.1. The Bertz CT molecular complexity index is 674. The van der Waals surface area contributed by atoms with Crippen molar-refractivity contribution in [1.29, 1.82) is 0 Å². The number of amides is 1. The summed E-state index contributed by atoms with van der Waals surface area (Å²) in [5.74, 6) is 1.44. The molecule has 0 spiro atoms. The van der Waals surface area contributed by atoms with Crippen molar-refractivity contribution in [3.8, 4) is 5.69 Å². The fraction of sp³-hybridized carbons (Fsp3) is 0.429. The van der Waals surface area contributed by atoms with Crippen molar-refractivity contribution in [1.82, 2.24) is 25.1 Å². The Morgan fingerprint density at radius 3 is 2.41 bits per heavy atom. The maximum Gasteiger partial charge on any atom is 0.407 e. The normalized spacial score (nSPS) is 23.8. The van der Waals surface area contributed by atoms with Crippen molar-refractivity contribution in [3.63, 3.8) is 0 Å². The first kappa shape index (κ1) is 13.1. The van der Waals surface area contributed by atoms with E-state index in [1.807, 2.05) is 30.3 Å². The Hall–Kier alpha value is -2.64. The van der Waals surface area contributed by atoms with Crippen LogP contribution in [-0.4, -0.2) is 62.5 Å². The molecule has 8 heteroatoms. The van der Waals surface area contributed by atoms with Gasteiger partial charge in [0.1, 0.15) is 0 Å². The first-order valence-electron chi connectivity index (χ1n) is 7.29. The van der Waals surface area contributed by atoms with E-state index in [0.717, 1.165) is 24.7 Å². The highest BCUT2D eigenvalue weighted by molar-refractivity contribution is 5.65. The monoisotopic (exact) mass is 300 g/mol. The molecule has 1 aromatic carbocycles. The Kier molecular flexibility index (Phi) is 2.95. The van der Waals surface area contributed by atoms with Crippen LogP contribution in [0.5, 0.6) is 0 Å². The van der Waals surface area contributed by atoms with Crippen LogP contribution in [0.25, 0.3) is 5.69 Å². The van der Waals surface area contributed by atoms with Gasteiger partial charge in [0.2, 0.25) is 5.95 Å². The Morgan fingerprint density at radius 1 is 1.09 bits per heavy atom. The summed E-state index contributed by atoms with van der Waals surface area (Å²) in [6, 6.07) is 9.77. The highest BCUT2D eigenvalue weighted by Gasteiger charge is 2.43. The number of fused-ring (bicyclic) bond motifs is 1. The van der Waals surface area contributed by atoms with Gasteiger partial charge in [-0.1, -0.05) is 23.3 Å². The second-order valence-corrected chi connectivity index (χ2v) is 5.84. The van der Waals surface area contributed by atoms with Gasteiger partial charge in [0.15, 0.2) is 0 Å². The van der Waals surface area contributed by atoms with Crippen molar-refractivity contribution in [3.05, 3.63) is 30.3 Å². The summed E-state index contributed by atoms with van der Waals surface area (Å²) < 4.78 is 1.73. The highest BCUT2D eigenvalue weighted by atomic mass is 16.4. The molecule has 2 unspecified atom stereocenters. The molecule has 2 fully saturated rings. The van der Waals surface area contributed by atoms with Gasteiger partial charge in [-0.2, -0.15) is 4.68 Å². The van der Waals surface area contributed by atoms with Gasteiger partial charge in [-0.05, 0) is 22.6 Å². The average molecular weight is 300 g/mol. The molecule has 8 nitrogen and oxygen atoms in total. The van der Waals surface area contributed by atoms with Crippen LogP contribution < -0.4 is 4.90 Å². The van der Waals surface area contributed by atoms with Crippen molar-refractivity contribution >= 4 is 12.0 Å². The van der Waals surface area contributed by atoms with Crippen molar-refractivity contribution < 1.29 is 9.90 Å². The van der Waals surface area contributed by atoms with E-state index in [0.29, 0.717) is 24.9 Å². The predicted molar refractivity (Wildman–Crippen MR) is 77.9 cm³/mol. The molecule has 3 heterocycles. The molecule has 1 aromatic heterocycles. The third-order valence-electron chi connectivity index (χ3n) is 4.49. The summed E-state index contributed by atoms with van der Waals surface area (Å²) in [6.45, 7) is 2.79. The molecule has 0 saturated carbocycles. The number of benzene rings is 1. The van der Waals surface area contributed by atoms with E-state index in [1.165, 1.54) is 4.90 Å². The maximum absolute atomic E-state index is 11.1. The van der Waals surface area contributed by atoms with Crippen LogP contribution in [0.15, 0.2) is 30.3 Å². The lowest BCUT2D eigenvalue weighted by Crippen LogP contribution is -2.33. The van der Waals surface area contributed by atoms with E-state index >= 15 is 0 Å². The predicted octanol–water partition coefficient (Wildman–Crippen LogP) is 0.708. The smallest absolute Gasteiger partial charge is 0.407 e. The second-order valence-electron chi connectivity index (χ2n) is 5.84. The van der Waals surface area contributed by atoms with E-state index in [1.54, 1.807) is 4.68 Å². The standard InChI is InChI=1S/C14H16N6O2/c21-14(22)19-8-10-6-18(7-11(10)9-19)13-15-16-17-20(13)12-4-2-1-3-5-12/h1-5,10-11H,6-9H2,(H,21,22). The molecule has 1 amide bonds. The third kappa shape index (κ3) is 2.07. The molecule has 2 saturated heterocycles. The molecule has 114 valence electrons. The van der Waals surface area contributed by atoms with Crippen LogP contribution in [0.1, 0.15) is 0 Å². The number of hydrogen-bond donors (Lipinski definition) is 1. The van der Waals surface area contributed by atoms with Gasteiger partial charge >= 0.3 is 6.09 Å². The van der Waals surface area contributed by atoms with E-state index in [9.17, 15) is 4.79 Å². The van der Waals surface area contributed by atoms with E-state index in [-0.39, 0.29) is 0 Å². The Morgan fingerprint density at radius 2 is 1.77 bits per heavy atom. The molecule has 2 aliphatic rings. The molecule has 22 heavy (non-hydrogen) atoms. The minimum atomic E-state index is -0.824. The molecule has 0 aliphatic carbocycles. The van der Waals surface area contributed by atoms with E-state index in [4.69, 9.17) is 5.11 Å². The van der Waals surface area contributed by atoms with Crippen LogP contribution >= 0.6 is 0 Å². The van der Waals surface area contributed by atoms with Crippen LogP contribution in [0.2, 0.25) is 0 Å². The molecule has 2 aromatic rings. The van der Waals surface area contributed by atoms with Crippen LogP contribution in [0.4, 0.5) is 10.7 Å². The van der Waals surface area contributed by atoms with Gasteiger partial charge in [0.25, 0.3) is 0 Å². The maximum atomic E-state index is 11.1. The molecule has 1 N–H and O–H groups in total. The third-order valence-corrected chi connectivity index (χ3v) is 4.49. The lowest BCUT2D eigenvalue weighted by molar-refractivity contribution is 0.153. The number of aromatic nitrogens is 4. The van der Waals surface area contributed by atoms with Crippen molar-refractivity contribution in [2.75, 3.05) is 31.1 Å². The van der Waals surface area contributed by atoms with Crippen LogP contribution in [0, 0.1) is 11.8 Å². The second kappa shape index (κ2) is 4.97. The molecular weight excluding hydrogens is 284 g/mol. The summed E-state index contributed by atoms with van der Waals surface area (Å²) in [5.41, 5.74) is 0.923. The van der Waals surface area contributed by atoms with Gasteiger partial charge in [-0.25, -0.2) is 4.79 Å². The van der Waals surface area contributed by atoms with E-state index < -0.39 is 6.09 Å². The number of carboxylic acid groups (broad SMARTS) is 1. The first-order valence-corrected chi connectivity index (χ1v) is 7.29. The van der Waals surface area contributed by atoms with Gasteiger partial charge in [0, 0.05) is 38.0 Å². The quantitative estimate of drug-likeness (QED) is 0.879. The SMILES string of the molecule is O=C(O)N1CC2CN(c3nnnn3-c3ccccc3)CC2C1. The highest BCUT2D eigenvalue weighted by Crippen LogP contribution is 2.33. The van der Waals surface area contributed by atoms with Gasteiger partial charge in [0.05, 0.1) is 5.69 Å². The molecule has 2 atom stereocenters. The first-order chi connectivity index (χ1) is 10.7. The molecule has 4 rings (SSSR count). The fourth-order valence-electron chi connectivity index (χ4n) is 3.43. The summed E-state index contributed by atoms with van der Waals surface area (Å²) >= 11 is 0. The van der Waals surface area contributed by atoms with E-state index in [2.05, 4.69) is 20.4 Å². The van der Waals surface area contributed by atoms with Crippen LogP contribution in [0.3, 0.4) is 0 Å². The summed E-state index contributed by atoms with van der Waals surface area (Å²) in [5, 5.41) is 21.1. The topological polar surface area (TPSA) is 87.4 Å². The van der Waals surface area contributed by atoms with Gasteiger partial charge in [-0.3, -0.25) is 0 Å². The minimum absolute atomic E-state index is 0.358. The molecular formula is C14H16N6O2. The molecule has 0 radical (unpaired) electrons. The number of tetrazole rings is 1. The lowest BCUT2D eigenvalue weighted by Gasteiger charge is -2.20. The Balaban J connectivity index is 1.55. The minimum Gasteiger partial charge on any atom is -0.465 e. The largest absolute Gasteiger partial charge is 0.465 e. The Labute approximate surface area is 126 Å². The summed E-state index contributed by atoms with van der Waals surface area (Å²) in [4.78, 5) is 14.7. The number of hydrogen-bond acceptors (Lipinski definition) is 5.